The van der Waals surface area contributed by atoms with Crippen molar-refractivity contribution in [3.05, 3.63) is 71.3 Å². The summed E-state index contributed by atoms with van der Waals surface area (Å²) in [6.45, 7) is 2.96. The fourth-order valence-electron chi connectivity index (χ4n) is 3.14. The van der Waals surface area contributed by atoms with E-state index in [-0.39, 0.29) is 10.8 Å². The summed E-state index contributed by atoms with van der Waals surface area (Å²) in [5.41, 5.74) is 3.63. The molecule has 1 amide bonds. The smallest absolute Gasteiger partial charge is 0.254 e. The van der Waals surface area contributed by atoms with E-state index >= 15 is 0 Å². The fourth-order valence-corrected chi connectivity index (χ4v) is 4.07. The monoisotopic (exact) mass is 384 g/mol. The van der Waals surface area contributed by atoms with Gasteiger partial charge in [0.15, 0.2) is 0 Å². The molecule has 3 rings (SSSR count). The second-order valence-electron chi connectivity index (χ2n) is 6.86. The molecule has 1 aliphatic heterocycles. The van der Waals surface area contributed by atoms with Gasteiger partial charge in [0.25, 0.3) is 5.91 Å². The Morgan fingerprint density at radius 1 is 1.07 bits per heavy atom. The zero-order valence-electron chi connectivity index (χ0n) is 15.8. The molecule has 142 valence electrons. The maximum absolute atomic E-state index is 13.0. The molecule has 0 unspecified atom stereocenters. The third kappa shape index (κ3) is 3.96. The average Bonchev–Trinajstić information content (AvgIpc) is 2.68. The number of nitrogens with zero attached hydrogens (tertiary/aromatic N) is 2. The van der Waals surface area contributed by atoms with Crippen molar-refractivity contribution >= 4 is 21.5 Å². The van der Waals surface area contributed by atoms with Gasteiger partial charge in [-0.25, -0.2) is 12.7 Å². The van der Waals surface area contributed by atoms with Gasteiger partial charge in [-0.3, -0.25) is 4.79 Å². The Hall–Kier alpha value is -2.44. The highest BCUT2D eigenvalue weighted by atomic mass is 32.2. The summed E-state index contributed by atoms with van der Waals surface area (Å²) in [5.74, 6) is -0.133. The van der Waals surface area contributed by atoms with E-state index in [2.05, 4.69) is 18.2 Å². The number of aryl methyl sites for hydroxylation is 1. The molecule has 0 bridgehead atoms. The van der Waals surface area contributed by atoms with Crippen molar-refractivity contribution in [2.24, 2.45) is 0 Å². The largest absolute Gasteiger partial charge is 0.335 e. The Balaban J connectivity index is 1.84. The predicted molar refractivity (Wildman–Crippen MR) is 107 cm³/mol. The first-order valence-electron chi connectivity index (χ1n) is 8.87. The van der Waals surface area contributed by atoms with Crippen molar-refractivity contribution in [1.82, 2.24) is 9.21 Å². The molecule has 0 saturated carbocycles. The van der Waals surface area contributed by atoms with Crippen LogP contribution in [0.3, 0.4) is 0 Å². The molecule has 1 aliphatic rings. The second-order valence-corrected chi connectivity index (χ2v) is 9.01. The molecule has 0 spiro atoms. The predicted octanol–water partition coefficient (Wildman–Crippen LogP) is 3.17. The number of benzene rings is 2. The standard InChI is InChI=1S/C21H24N2O3S/c1-16-9-10-19(27(25,26)22(2)3)15-20(16)21(24)23-13-11-18(12-14-23)17-7-5-4-6-8-17/h4-11,15H,12-14H2,1-3H3. The van der Waals surface area contributed by atoms with E-state index in [0.717, 1.165) is 16.3 Å². The van der Waals surface area contributed by atoms with Gasteiger partial charge in [0.1, 0.15) is 0 Å². The van der Waals surface area contributed by atoms with E-state index < -0.39 is 10.0 Å². The van der Waals surface area contributed by atoms with E-state index in [1.807, 2.05) is 25.1 Å². The fraction of sp³-hybridized carbons (Fsp3) is 0.286. The lowest BCUT2D eigenvalue weighted by Gasteiger charge is -2.27. The topological polar surface area (TPSA) is 57.7 Å². The van der Waals surface area contributed by atoms with Gasteiger partial charge in [0, 0.05) is 32.7 Å². The van der Waals surface area contributed by atoms with Crippen LogP contribution in [0.2, 0.25) is 0 Å². The number of rotatable bonds is 4. The first-order valence-corrected chi connectivity index (χ1v) is 10.3. The van der Waals surface area contributed by atoms with Crippen LogP contribution in [0.5, 0.6) is 0 Å². The lowest BCUT2D eigenvalue weighted by molar-refractivity contribution is 0.0772. The molecule has 1 heterocycles. The molecule has 27 heavy (non-hydrogen) atoms. The van der Waals surface area contributed by atoms with Crippen molar-refractivity contribution in [3.63, 3.8) is 0 Å². The van der Waals surface area contributed by atoms with Gasteiger partial charge in [-0.2, -0.15) is 0 Å². The van der Waals surface area contributed by atoms with Crippen LogP contribution in [0.15, 0.2) is 59.5 Å². The van der Waals surface area contributed by atoms with E-state index in [1.165, 1.54) is 31.3 Å². The van der Waals surface area contributed by atoms with Crippen LogP contribution in [-0.4, -0.2) is 50.7 Å². The number of carbonyl (C=O) groups excluding carboxylic acids is 1. The maximum atomic E-state index is 13.0. The Bertz CT molecular complexity index is 980. The molecule has 0 atom stereocenters. The Morgan fingerprint density at radius 3 is 2.37 bits per heavy atom. The third-order valence-electron chi connectivity index (χ3n) is 4.86. The summed E-state index contributed by atoms with van der Waals surface area (Å²) < 4.78 is 25.9. The second kappa shape index (κ2) is 7.66. The van der Waals surface area contributed by atoms with E-state index in [4.69, 9.17) is 0 Å². The molecule has 0 aromatic heterocycles. The Morgan fingerprint density at radius 2 is 1.78 bits per heavy atom. The van der Waals surface area contributed by atoms with Crippen LogP contribution in [-0.2, 0) is 10.0 Å². The zero-order chi connectivity index (χ0) is 19.6. The molecular formula is C21H24N2O3S. The normalized spacial score (nSPS) is 15.0. The molecule has 0 radical (unpaired) electrons. The van der Waals surface area contributed by atoms with E-state index in [9.17, 15) is 13.2 Å². The SMILES string of the molecule is Cc1ccc(S(=O)(=O)N(C)C)cc1C(=O)N1CC=C(c2ccccc2)CC1. The molecular weight excluding hydrogens is 360 g/mol. The van der Waals surface area contributed by atoms with Crippen LogP contribution in [0.4, 0.5) is 0 Å². The molecule has 0 fully saturated rings. The molecule has 6 heteroatoms. The summed E-state index contributed by atoms with van der Waals surface area (Å²) in [4.78, 5) is 14.9. The van der Waals surface area contributed by atoms with E-state index in [1.54, 1.807) is 17.0 Å². The van der Waals surface area contributed by atoms with Gasteiger partial charge in [-0.05, 0) is 42.2 Å². The third-order valence-corrected chi connectivity index (χ3v) is 6.67. The van der Waals surface area contributed by atoms with Crippen molar-refractivity contribution in [1.29, 1.82) is 0 Å². The van der Waals surface area contributed by atoms with Gasteiger partial charge in [0.2, 0.25) is 10.0 Å². The summed E-state index contributed by atoms with van der Waals surface area (Å²) in [6, 6.07) is 14.9. The summed E-state index contributed by atoms with van der Waals surface area (Å²) >= 11 is 0. The van der Waals surface area contributed by atoms with Crippen molar-refractivity contribution in [3.8, 4) is 0 Å². The summed E-state index contributed by atoms with van der Waals surface area (Å²) in [7, 11) is -0.608. The number of amides is 1. The van der Waals surface area contributed by atoms with Gasteiger partial charge in [-0.1, -0.05) is 42.5 Å². The molecule has 2 aromatic rings. The minimum Gasteiger partial charge on any atom is -0.335 e. The first kappa shape index (κ1) is 19.3. The lowest BCUT2D eigenvalue weighted by Crippen LogP contribution is -2.35. The minimum absolute atomic E-state index is 0.133. The van der Waals surface area contributed by atoms with Gasteiger partial charge in [-0.15, -0.1) is 0 Å². The zero-order valence-corrected chi connectivity index (χ0v) is 16.7. The van der Waals surface area contributed by atoms with Crippen LogP contribution < -0.4 is 0 Å². The highest BCUT2D eigenvalue weighted by Gasteiger charge is 2.24. The first-order chi connectivity index (χ1) is 12.8. The molecule has 0 aliphatic carbocycles. The van der Waals surface area contributed by atoms with Crippen LogP contribution in [0, 0.1) is 6.92 Å². The molecule has 5 nitrogen and oxygen atoms in total. The van der Waals surface area contributed by atoms with Crippen molar-refractivity contribution < 1.29 is 13.2 Å². The number of sulfonamides is 1. The highest BCUT2D eigenvalue weighted by molar-refractivity contribution is 7.89. The minimum atomic E-state index is -3.57. The number of hydrogen-bond acceptors (Lipinski definition) is 3. The van der Waals surface area contributed by atoms with Crippen molar-refractivity contribution in [2.75, 3.05) is 27.2 Å². The van der Waals surface area contributed by atoms with Crippen molar-refractivity contribution in [2.45, 2.75) is 18.2 Å². The average molecular weight is 385 g/mol. The summed E-state index contributed by atoms with van der Waals surface area (Å²) in [6.07, 6.45) is 2.86. The van der Waals surface area contributed by atoms with Crippen LogP contribution >= 0.6 is 0 Å². The number of carbonyl (C=O) groups is 1. The molecule has 0 saturated heterocycles. The Kier molecular flexibility index (Phi) is 5.48. The highest BCUT2D eigenvalue weighted by Crippen LogP contribution is 2.25. The summed E-state index contributed by atoms with van der Waals surface area (Å²) in [5, 5.41) is 0. The van der Waals surface area contributed by atoms with Crippen LogP contribution in [0.1, 0.15) is 27.9 Å². The Labute approximate surface area is 161 Å². The quantitative estimate of drug-likeness (QED) is 0.814. The molecule has 0 N–H and O–H groups in total. The lowest BCUT2D eigenvalue weighted by atomic mass is 9.99. The van der Waals surface area contributed by atoms with Gasteiger partial charge >= 0.3 is 0 Å². The number of hydrogen-bond donors (Lipinski definition) is 0. The van der Waals surface area contributed by atoms with Gasteiger partial charge < -0.3 is 4.90 Å². The maximum Gasteiger partial charge on any atom is 0.254 e. The van der Waals surface area contributed by atoms with Crippen LogP contribution in [0.25, 0.3) is 5.57 Å². The van der Waals surface area contributed by atoms with E-state index in [0.29, 0.717) is 18.7 Å². The molecule has 2 aromatic carbocycles. The van der Waals surface area contributed by atoms with Gasteiger partial charge in [0.05, 0.1) is 4.90 Å².